The molecule has 0 unspecified atom stereocenters. The average molecular weight is 287 g/mol. The zero-order valence-electron chi connectivity index (χ0n) is 9.22. The number of alkyl halides is 3. The maximum absolute atomic E-state index is 12.5. The largest absolute Gasteiger partial charge is 0.416 e. The van der Waals surface area contributed by atoms with E-state index in [2.05, 4.69) is 10.2 Å². The van der Waals surface area contributed by atoms with Crippen LogP contribution in [-0.2, 0) is 6.18 Å². The van der Waals surface area contributed by atoms with E-state index < -0.39 is 11.7 Å². The van der Waals surface area contributed by atoms with E-state index in [9.17, 15) is 13.2 Å². The Morgan fingerprint density at radius 2 is 2.05 bits per heavy atom. The fourth-order valence-electron chi connectivity index (χ4n) is 1.55. The van der Waals surface area contributed by atoms with Crippen molar-refractivity contribution in [2.24, 2.45) is 0 Å². The summed E-state index contributed by atoms with van der Waals surface area (Å²) in [5.41, 5.74) is 4.98. The molecule has 0 bridgehead atoms. The number of rotatable bonds is 1. The third-order valence-electron chi connectivity index (χ3n) is 2.46. The highest BCUT2D eigenvalue weighted by Gasteiger charge is 2.31. The standard InChI is InChI=1S/C11H6ClF3N4/c12-8-3-5(11(13,14)15)1-2-6(8)9-7(4-16)10(17)19-18-9/h1-3H,(H3,17,18,19). The number of nitrogens with one attached hydrogen (secondary N) is 1. The molecule has 1 heterocycles. The molecule has 0 atom stereocenters. The second kappa shape index (κ2) is 4.48. The SMILES string of the molecule is N#Cc1c(-c2ccc(C(F)(F)F)cc2Cl)n[nH]c1N. The molecule has 0 radical (unpaired) electrons. The Morgan fingerprint density at radius 1 is 1.37 bits per heavy atom. The van der Waals surface area contributed by atoms with Gasteiger partial charge in [0.25, 0.3) is 0 Å². The first kappa shape index (κ1) is 13.2. The molecule has 2 rings (SSSR count). The monoisotopic (exact) mass is 286 g/mol. The summed E-state index contributed by atoms with van der Waals surface area (Å²) < 4.78 is 37.5. The van der Waals surface area contributed by atoms with Gasteiger partial charge in [-0.1, -0.05) is 17.7 Å². The van der Waals surface area contributed by atoms with Crippen molar-refractivity contribution in [2.75, 3.05) is 5.73 Å². The van der Waals surface area contributed by atoms with Gasteiger partial charge in [0.2, 0.25) is 0 Å². The van der Waals surface area contributed by atoms with Crippen molar-refractivity contribution in [3.05, 3.63) is 34.3 Å². The minimum Gasteiger partial charge on any atom is -0.383 e. The molecule has 0 aliphatic carbocycles. The first-order valence-corrected chi connectivity index (χ1v) is 5.33. The van der Waals surface area contributed by atoms with E-state index in [0.29, 0.717) is 0 Å². The second-order valence-electron chi connectivity index (χ2n) is 3.67. The van der Waals surface area contributed by atoms with Crippen molar-refractivity contribution in [1.29, 1.82) is 5.26 Å². The average Bonchev–Trinajstić information content (AvgIpc) is 2.69. The number of anilines is 1. The van der Waals surface area contributed by atoms with Gasteiger partial charge >= 0.3 is 6.18 Å². The lowest BCUT2D eigenvalue weighted by molar-refractivity contribution is -0.137. The molecule has 2 aromatic rings. The van der Waals surface area contributed by atoms with Crippen LogP contribution in [0, 0.1) is 11.3 Å². The summed E-state index contributed by atoms with van der Waals surface area (Å²) in [6.07, 6.45) is -4.48. The fourth-order valence-corrected chi connectivity index (χ4v) is 1.82. The van der Waals surface area contributed by atoms with Crippen LogP contribution < -0.4 is 5.73 Å². The summed E-state index contributed by atoms with van der Waals surface area (Å²) in [7, 11) is 0. The highest BCUT2D eigenvalue weighted by molar-refractivity contribution is 6.33. The molecule has 0 aliphatic rings. The number of aromatic amines is 1. The first-order valence-electron chi connectivity index (χ1n) is 4.95. The second-order valence-corrected chi connectivity index (χ2v) is 4.07. The Labute approximate surface area is 110 Å². The third kappa shape index (κ3) is 2.35. The lowest BCUT2D eigenvalue weighted by atomic mass is 10.1. The fraction of sp³-hybridized carbons (Fsp3) is 0.0909. The third-order valence-corrected chi connectivity index (χ3v) is 2.77. The van der Waals surface area contributed by atoms with Crippen molar-refractivity contribution in [2.45, 2.75) is 6.18 Å². The maximum atomic E-state index is 12.5. The quantitative estimate of drug-likeness (QED) is 0.845. The molecule has 1 aromatic heterocycles. The molecular formula is C11H6ClF3N4. The Balaban J connectivity index is 2.56. The van der Waals surface area contributed by atoms with E-state index in [1.165, 1.54) is 0 Å². The van der Waals surface area contributed by atoms with Crippen molar-refractivity contribution in [3.8, 4) is 17.3 Å². The van der Waals surface area contributed by atoms with Crippen LogP contribution in [0.25, 0.3) is 11.3 Å². The Kier molecular flexibility index (Phi) is 3.12. The van der Waals surface area contributed by atoms with E-state index in [4.69, 9.17) is 22.6 Å². The number of halogens is 4. The van der Waals surface area contributed by atoms with Crippen LogP contribution in [-0.4, -0.2) is 10.2 Å². The van der Waals surface area contributed by atoms with E-state index >= 15 is 0 Å². The van der Waals surface area contributed by atoms with Crippen molar-refractivity contribution >= 4 is 17.4 Å². The van der Waals surface area contributed by atoms with Crippen LogP contribution in [0.15, 0.2) is 18.2 Å². The summed E-state index contributed by atoms with van der Waals surface area (Å²) >= 11 is 5.80. The van der Waals surface area contributed by atoms with Crippen LogP contribution in [0.1, 0.15) is 11.1 Å². The molecule has 0 spiro atoms. The van der Waals surface area contributed by atoms with Crippen molar-refractivity contribution in [3.63, 3.8) is 0 Å². The lowest BCUT2D eigenvalue weighted by Gasteiger charge is -2.08. The zero-order valence-corrected chi connectivity index (χ0v) is 9.97. The maximum Gasteiger partial charge on any atom is 0.416 e. The number of nitrogens with zero attached hydrogens (tertiary/aromatic N) is 2. The summed E-state index contributed by atoms with van der Waals surface area (Å²) in [6, 6.07) is 4.62. The number of H-pyrrole nitrogens is 1. The first-order chi connectivity index (χ1) is 8.84. The molecule has 0 amide bonds. The van der Waals surface area contributed by atoms with Gasteiger partial charge in [0.05, 0.1) is 10.6 Å². The molecule has 0 saturated heterocycles. The minimum atomic E-state index is -4.48. The summed E-state index contributed by atoms with van der Waals surface area (Å²) in [5, 5.41) is 14.9. The molecule has 19 heavy (non-hydrogen) atoms. The highest BCUT2D eigenvalue weighted by atomic mass is 35.5. The lowest BCUT2D eigenvalue weighted by Crippen LogP contribution is -2.04. The van der Waals surface area contributed by atoms with E-state index in [1.54, 1.807) is 0 Å². The Bertz CT molecular complexity index is 670. The van der Waals surface area contributed by atoms with Crippen LogP contribution >= 0.6 is 11.6 Å². The number of nitrogen functional groups attached to an aromatic ring is 1. The number of nitriles is 1. The van der Waals surface area contributed by atoms with Crippen LogP contribution in [0.4, 0.5) is 19.0 Å². The molecule has 98 valence electrons. The van der Waals surface area contributed by atoms with Gasteiger partial charge in [-0.05, 0) is 12.1 Å². The van der Waals surface area contributed by atoms with Crippen molar-refractivity contribution < 1.29 is 13.2 Å². The van der Waals surface area contributed by atoms with Gasteiger partial charge < -0.3 is 5.73 Å². The zero-order chi connectivity index (χ0) is 14.2. The minimum absolute atomic E-state index is 0.0356. The number of hydrogen-bond acceptors (Lipinski definition) is 3. The molecule has 3 N–H and O–H groups in total. The molecular weight excluding hydrogens is 281 g/mol. The van der Waals surface area contributed by atoms with Gasteiger partial charge in [-0.2, -0.15) is 23.5 Å². The molecule has 0 saturated carbocycles. The number of hydrogen-bond donors (Lipinski definition) is 2. The summed E-state index contributed by atoms with van der Waals surface area (Å²) in [6.45, 7) is 0. The number of aromatic nitrogens is 2. The van der Waals surface area contributed by atoms with Gasteiger partial charge in [-0.3, -0.25) is 5.10 Å². The number of benzene rings is 1. The summed E-state index contributed by atoms with van der Waals surface area (Å²) in [4.78, 5) is 0. The van der Waals surface area contributed by atoms with Crippen LogP contribution in [0.5, 0.6) is 0 Å². The molecule has 0 fully saturated rings. The summed E-state index contributed by atoms with van der Waals surface area (Å²) in [5.74, 6) is 0.0356. The van der Waals surface area contributed by atoms with Gasteiger partial charge in [-0.15, -0.1) is 0 Å². The van der Waals surface area contributed by atoms with Gasteiger partial charge in [0.15, 0.2) is 0 Å². The normalized spacial score (nSPS) is 11.3. The van der Waals surface area contributed by atoms with Crippen LogP contribution in [0.3, 0.4) is 0 Å². The Morgan fingerprint density at radius 3 is 2.58 bits per heavy atom. The topological polar surface area (TPSA) is 78.5 Å². The number of nitrogens with two attached hydrogens (primary N) is 1. The predicted octanol–water partition coefficient (Wildman–Crippen LogP) is 3.20. The van der Waals surface area contributed by atoms with E-state index in [-0.39, 0.29) is 27.7 Å². The van der Waals surface area contributed by atoms with E-state index in [0.717, 1.165) is 18.2 Å². The van der Waals surface area contributed by atoms with E-state index in [1.807, 2.05) is 6.07 Å². The van der Waals surface area contributed by atoms with Gasteiger partial charge in [0, 0.05) is 5.56 Å². The Hall–Kier alpha value is -2.20. The molecule has 0 aliphatic heterocycles. The van der Waals surface area contributed by atoms with Gasteiger partial charge in [-0.25, -0.2) is 0 Å². The molecule has 8 heteroatoms. The van der Waals surface area contributed by atoms with Crippen LogP contribution in [0.2, 0.25) is 5.02 Å². The van der Waals surface area contributed by atoms with Crippen molar-refractivity contribution in [1.82, 2.24) is 10.2 Å². The van der Waals surface area contributed by atoms with Gasteiger partial charge in [0.1, 0.15) is 23.1 Å². The highest BCUT2D eigenvalue weighted by Crippen LogP contribution is 2.36. The smallest absolute Gasteiger partial charge is 0.383 e. The predicted molar refractivity (Wildman–Crippen MR) is 63.2 cm³/mol. The molecule has 4 nitrogen and oxygen atoms in total. The molecule has 1 aromatic carbocycles.